The lowest BCUT2D eigenvalue weighted by Crippen LogP contribution is -2.99. The molecule has 4 fully saturated rings. The lowest BCUT2D eigenvalue weighted by Gasteiger charge is -2.58. The van der Waals surface area contributed by atoms with Gasteiger partial charge < -0.3 is 14.8 Å². The number of hydrogen-bond donors (Lipinski definition) is 2. The summed E-state index contributed by atoms with van der Waals surface area (Å²) in [6.07, 6.45) is 4.77. The molecular formula is C21H23N3O4. The van der Waals surface area contributed by atoms with E-state index in [1.54, 1.807) is 6.07 Å². The number of nitrogens with one attached hydrogen (secondary N) is 1. The number of ether oxygens (including phenoxy) is 1. The number of fused-ring (bicyclic) bond motifs is 2. The Balaban J connectivity index is 1.51. The minimum atomic E-state index is -0.900. The van der Waals surface area contributed by atoms with Crippen molar-refractivity contribution in [2.24, 2.45) is 11.8 Å². The molecule has 2 N–H and O–H groups in total. The summed E-state index contributed by atoms with van der Waals surface area (Å²) >= 11 is 0. The molecule has 1 aromatic carbocycles. The minimum absolute atomic E-state index is 0.0225. The van der Waals surface area contributed by atoms with Crippen molar-refractivity contribution in [3.05, 3.63) is 40.6 Å². The summed E-state index contributed by atoms with van der Waals surface area (Å²) < 4.78 is 6.22. The fourth-order valence-electron chi connectivity index (χ4n) is 7.68. The summed E-state index contributed by atoms with van der Waals surface area (Å²) in [5.41, 5.74) is 3.70. The van der Waals surface area contributed by atoms with Gasteiger partial charge in [-0.05, 0) is 36.9 Å². The van der Waals surface area contributed by atoms with E-state index in [-0.39, 0.29) is 23.5 Å². The monoisotopic (exact) mass is 381 g/mol. The zero-order valence-corrected chi connectivity index (χ0v) is 15.5. The molecule has 7 heteroatoms. The van der Waals surface area contributed by atoms with Crippen molar-refractivity contribution < 1.29 is 20.0 Å². The molecule has 28 heavy (non-hydrogen) atoms. The van der Waals surface area contributed by atoms with Crippen LogP contribution in [0, 0.1) is 17.0 Å². The normalized spacial score (nSPS) is 43.5. The molecule has 1 aliphatic carbocycles. The quantitative estimate of drug-likeness (QED) is 0.547. The number of rotatable bonds is 1. The standard InChI is InChI=1S/C21H23N3O4/c25-18-9-16-19-13-8-17-21(4-5-22(17)10-11(13)3-6-28-16)14-7-12(24(26)27)1-2-15(14)23(18)20(19)21/h1-3,7,13,16-17,19-20,24,26H,4-6,8-10H2/t13-,16-,17+,19-,20+,21+/m0/s1. The average molecular weight is 381 g/mol. The summed E-state index contributed by atoms with van der Waals surface area (Å²) in [6, 6.07) is 5.87. The van der Waals surface area contributed by atoms with Crippen molar-refractivity contribution in [1.29, 1.82) is 0 Å². The molecule has 2 bridgehead atoms. The van der Waals surface area contributed by atoms with Crippen molar-refractivity contribution >= 4 is 17.3 Å². The van der Waals surface area contributed by atoms with E-state index < -0.39 is 5.23 Å². The Kier molecular flexibility index (Phi) is 2.89. The Hall–Kier alpha value is -1.77. The minimum Gasteiger partial charge on any atom is -0.595 e. The van der Waals surface area contributed by atoms with Crippen LogP contribution < -0.4 is 10.1 Å². The second kappa shape index (κ2) is 5.04. The van der Waals surface area contributed by atoms with Gasteiger partial charge in [-0.15, -0.1) is 0 Å². The number of anilines is 1. The number of hydrogen-bond acceptors (Lipinski definition) is 5. The van der Waals surface area contributed by atoms with Gasteiger partial charge in [0.25, 0.3) is 0 Å². The van der Waals surface area contributed by atoms with Gasteiger partial charge in [0.2, 0.25) is 5.91 Å². The van der Waals surface area contributed by atoms with Crippen LogP contribution in [0.2, 0.25) is 0 Å². The number of benzene rings is 1. The summed E-state index contributed by atoms with van der Waals surface area (Å²) in [5.74, 6) is 0.923. The molecule has 146 valence electrons. The second-order valence-corrected chi connectivity index (χ2v) is 9.30. The summed E-state index contributed by atoms with van der Waals surface area (Å²) in [5, 5.41) is 20.4. The fraction of sp³-hybridized carbons (Fsp3) is 0.571. The van der Waals surface area contributed by atoms with E-state index in [0.29, 0.717) is 36.6 Å². The number of nitrogens with zero attached hydrogens (tertiary/aromatic N) is 2. The summed E-state index contributed by atoms with van der Waals surface area (Å²) in [4.78, 5) is 17.9. The van der Waals surface area contributed by atoms with Crippen LogP contribution in [0.15, 0.2) is 29.8 Å². The van der Waals surface area contributed by atoms with Crippen LogP contribution in [0.3, 0.4) is 0 Å². The third kappa shape index (κ3) is 1.64. The Morgan fingerprint density at radius 3 is 3.11 bits per heavy atom. The Morgan fingerprint density at radius 1 is 1.36 bits per heavy atom. The maximum absolute atomic E-state index is 13.3. The van der Waals surface area contributed by atoms with Gasteiger partial charge in [0.1, 0.15) is 0 Å². The van der Waals surface area contributed by atoms with E-state index in [0.717, 1.165) is 37.2 Å². The molecule has 1 saturated carbocycles. The maximum Gasteiger partial charge on any atom is 0.229 e. The van der Waals surface area contributed by atoms with Gasteiger partial charge in [-0.2, -0.15) is 5.23 Å². The first-order chi connectivity index (χ1) is 13.6. The third-order valence-corrected chi connectivity index (χ3v) is 8.56. The van der Waals surface area contributed by atoms with Crippen molar-refractivity contribution in [1.82, 2.24) is 4.90 Å². The SMILES string of the molecule is O=C1C[C@@H]2OCC=C3CN4CC[C@]56c7cc([NH+]([O-])O)ccc7N1[C@@H]5[C@H]2[C@H]3C[C@@H]46. The fourth-order valence-corrected chi connectivity index (χ4v) is 7.68. The molecule has 0 aromatic heterocycles. The predicted octanol–water partition coefficient (Wildman–Crippen LogP) is 0.496. The highest BCUT2D eigenvalue weighted by molar-refractivity contribution is 5.99. The second-order valence-electron chi connectivity index (χ2n) is 9.30. The smallest absolute Gasteiger partial charge is 0.229 e. The highest BCUT2D eigenvalue weighted by Crippen LogP contribution is 2.65. The first kappa shape index (κ1) is 16.1. The molecule has 6 aliphatic rings. The third-order valence-electron chi connectivity index (χ3n) is 8.56. The Morgan fingerprint density at radius 2 is 2.25 bits per heavy atom. The highest BCUT2D eigenvalue weighted by Gasteiger charge is 2.71. The predicted molar refractivity (Wildman–Crippen MR) is 99.2 cm³/mol. The van der Waals surface area contributed by atoms with E-state index >= 15 is 0 Å². The van der Waals surface area contributed by atoms with Gasteiger partial charge in [-0.1, -0.05) is 11.6 Å². The Bertz CT molecular complexity index is 946. The van der Waals surface area contributed by atoms with Crippen LogP contribution >= 0.6 is 0 Å². The zero-order chi connectivity index (χ0) is 18.8. The van der Waals surface area contributed by atoms with Crippen molar-refractivity contribution in [3.63, 3.8) is 0 Å². The molecule has 5 heterocycles. The first-order valence-electron chi connectivity index (χ1n) is 10.3. The van der Waals surface area contributed by atoms with Crippen LogP contribution in [0.1, 0.15) is 24.8 Å². The van der Waals surface area contributed by atoms with Crippen LogP contribution in [0.5, 0.6) is 0 Å². The molecule has 1 amide bonds. The maximum atomic E-state index is 13.3. The zero-order valence-electron chi connectivity index (χ0n) is 15.5. The molecule has 0 radical (unpaired) electrons. The molecule has 7 rings (SSSR count). The lowest BCUT2D eigenvalue weighted by atomic mass is 9.53. The van der Waals surface area contributed by atoms with Gasteiger partial charge in [-0.3, -0.25) is 9.69 Å². The van der Waals surface area contributed by atoms with Crippen LogP contribution in [-0.2, 0) is 14.9 Å². The molecule has 1 aromatic rings. The molecule has 1 unspecified atom stereocenters. The topological polar surface area (TPSA) is 80.5 Å². The van der Waals surface area contributed by atoms with E-state index in [2.05, 4.69) is 11.0 Å². The lowest BCUT2D eigenvalue weighted by molar-refractivity contribution is -0.991. The van der Waals surface area contributed by atoms with Crippen LogP contribution in [-0.4, -0.2) is 53.9 Å². The van der Waals surface area contributed by atoms with Crippen molar-refractivity contribution in [3.8, 4) is 0 Å². The van der Waals surface area contributed by atoms with E-state index in [4.69, 9.17) is 4.74 Å². The number of amides is 1. The number of carbonyl (C=O) groups excluding carboxylic acids is 1. The van der Waals surface area contributed by atoms with E-state index in [9.17, 15) is 15.2 Å². The van der Waals surface area contributed by atoms with Crippen molar-refractivity contribution in [2.75, 3.05) is 24.6 Å². The van der Waals surface area contributed by atoms with Gasteiger partial charge in [0.05, 0.1) is 25.2 Å². The van der Waals surface area contributed by atoms with Crippen LogP contribution in [0.4, 0.5) is 11.4 Å². The van der Waals surface area contributed by atoms with E-state index in [1.165, 1.54) is 5.57 Å². The summed E-state index contributed by atoms with van der Waals surface area (Å²) in [6.45, 7) is 2.62. The Labute approximate surface area is 162 Å². The van der Waals surface area contributed by atoms with E-state index in [1.807, 2.05) is 17.0 Å². The number of carbonyl (C=O) groups is 1. The molecule has 3 saturated heterocycles. The van der Waals surface area contributed by atoms with Gasteiger partial charge in [0, 0.05) is 41.7 Å². The molecule has 1 spiro atoms. The van der Waals surface area contributed by atoms with Crippen LogP contribution in [0.25, 0.3) is 0 Å². The highest BCUT2D eigenvalue weighted by atomic mass is 16.8. The molecular weight excluding hydrogens is 358 g/mol. The first-order valence-corrected chi connectivity index (χ1v) is 10.3. The summed E-state index contributed by atoms with van der Waals surface area (Å²) in [7, 11) is 0. The molecule has 7 atom stereocenters. The molecule has 7 nitrogen and oxygen atoms in total. The van der Waals surface area contributed by atoms with Gasteiger partial charge in [0.15, 0.2) is 5.69 Å². The molecule has 5 aliphatic heterocycles. The number of quaternary nitrogens is 1. The average Bonchev–Trinajstić information content (AvgIpc) is 3.15. The number of piperidine rings is 2. The van der Waals surface area contributed by atoms with Gasteiger partial charge >= 0.3 is 0 Å². The van der Waals surface area contributed by atoms with Crippen molar-refractivity contribution in [2.45, 2.75) is 42.9 Å². The largest absolute Gasteiger partial charge is 0.595 e. The van der Waals surface area contributed by atoms with Gasteiger partial charge in [-0.25, -0.2) is 5.21 Å².